The topological polar surface area (TPSA) is 70.9 Å². The van der Waals surface area contributed by atoms with E-state index in [-0.39, 0.29) is 11.3 Å². The molecule has 2 aromatic rings. The van der Waals surface area contributed by atoms with Crippen LogP contribution in [-0.4, -0.2) is 23.8 Å². The molecule has 1 amide bonds. The molecule has 0 saturated heterocycles. The van der Waals surface area contributed by atoms with Crippen LogP contribution in [0.2, 0.25) is 0 Å². The van der Waals surface area contributed by atoms with Crippen molar-refractivity contribution in [2.24, 2.45) is 5.10 Å². The highest BCUT2D eigenvalue weighted by molar-refractivity contribution is 14.1. The molecule has 0 saturated carbocycles. The van der Waals surface area contributed by atoms with Gasteiger partial charge in [0.2, 0.25) is 0 Å². The van der Waals surface area contributed by atoms with Gasteiger partial charge >= 0.3 is 0 Å². The number of phenolic OH excluding ortho intramolecular Hbond substituents is 1. The van der Waals surface area contributed by atoms with Crippen LogP contribution in [0.5, 0.6) is 11.5 Å². The molecule has 26 heavy (non-hydrogen) atoms. The summed E-state index contributed by atoms with van der Waals surface area (Å²) in [5.41, 5.74) is 3.33. The highest BCUT2D eigenvalue weighted by Crippen LogP contribution is 2.31. The van der Waals surface area contributed by atoms with Gasteiger partial charge in [-0.3, -0.25) is 4.79 Å². The lowest BCUT2D eigenvalue weighted by atomic mass is 10.2. The molecule has 0 heterocycles. The second-order valence-electron chi connectivity index (χ2n) is 4.90. The summed E-state index contributed by atoms with van der Waals surface area (Å²) in [6.07, 6.45) is 3.22. The standard InChI is InChI=1S/C17H12Br2I2N2O3/c1-2-3-26-16-13(20)4-9(5-14(16)21)8-22-23-17(25)11-6-10(18)7-12(19)15(11)24/h2,4-8,24H,1,3H2,(H,23,25)/b22-8+. The van der Waals surface area contributed by atoms with Crippen molar-refractivity contribution in [3.63, 3.8) is 0 Å². The minimum Gasteiger partial charge on any atom is -0.506 e. The molecule has 0 aliphatic carbocycles. The maximum Gasteiger partial charge on any atom is 0.275 e. The third-order valence-corrected chi connectivity index (χ3v) is 5.68. The Hall–Kier alpha value is -0.660. The summed E-state index contributed by atoms with van der Waals surface area (Å²) >= 11 is 10.8. The predicted molar refractivity (Wildman–Crippen MR) is 126 cm³/mol. The van der Waals surface area contributed by atoms with Crippen molar-refractivity contribution in [3.8, 4) is 11.5 Å². The number of halogens is 4. The first-order valence-corrected chi connectivity index (χ1v) is 10.8. The molecule has 2 aromatic carbocycles. The van der Waals surface area contributed by atoms with E-state index < -0.39 is 5.91 Å². The van der Waals surface area contributed by atoms with E-state index in [4.69, 9.17) is 4.74 Å². The molecule has 0 aliphatic heterocycles. The number of rotatable bonds is 6. The van der Waals surface area contributed by atoms with Gasteiger partial charge < -0.3 is 9.84 Å². The van der Waals surface area contributed by atoms with Crippen LogP contribution in [0.1, 0.15) is 15.9 Å². The van der Waals surface area contributed by atoms with Gasteiger partial charge in [0.1, 0.15) is 18.1 Å². The quantitative estimate of drug-likeness (QED) is 0.182. The van der Waals surface area contributed by atoms with Crippen LogP contribution in [-0.2, 0) is 0 Å². The predicted octanol–water partition coefficient (Wildman–Crippen LogP) is 5.46. The average molecular weight is 706 g/mol. The molecular formula is C17H12Br2I2N2O3. The Bertz CT molecular complexity index is 866. The fourth-order valence-electron chi connectivity index (χ4n) is 1.90. The Morgan fingerprint density at radius 1 is 1.27 bits per heavy atom. The van der Waals surface area contributed by atoms with Gasteiger partial charge in [-0.05, 0) is 90.9 Å². The maximum atomic E-state index is 12.2. The lowest BCUT2D eigenvalue weighted by Gasteiger charge is -2.09. The third-order valence-electron chi connectivity index (χ3n) is 3.02. The zero-order chi connectivity index (χ0) is 19.3. The molecule has 2 N–H and O–H groups in total. The largest absolute Gasteiger partial charge is 0.506 e. The SMILES string of the molecule is C=CCOc1c(I)cc(/C=N/NC(=O)c2cc(Br)cc(Br)c2O)cc1I. The molecule has 0 bridgehead atoms. The molecule has 0 atom stereocenters. The number of ether oxygens (including phenoxy) is 1. The number of hydrogen-bond donors (Lipinski definition) is 2. The fraction of sp³-hybridized carbons (Fsp3) is 0.0588. The third kappa shape index (κ3) is 5.67. The number of nitrogens with zero attached hydrogens (tertiary/aromatic N) is 1. The van der Waals surface area contributed by atoms with E-state index in [1.807, 2.05) is 12.1 Å². The van der Waals surface area contributed by atoms with Crippen molar-refractivity contribution in [2.75, 3.05) is 6.61 Å². The van der Waals surface area contributed by atoms with Gasteiger partial charge in [0.25, 0.3) is 5.91 Å². The van der Waals surface area contributed by atoms with Crippen LogP contribution in [0, 0.1) is 7.14 Å². The van der Waals surface area contributed by atoms with Gasteiger partial charge in [-0.1, -0.05) is 28.6 Å². The summed E-state index contributed by atoms with van der Waals surface area (Å²) in [5.74, 6) is 0.126. The van der Waals surface area contributed by atoms with Gasteiger partial charge in [0, 0.05) is 4.47 Å². The second-order valence-corrected chi connectivity index (χ2v) is 8.99. The van der Waals surface area contributed by atoms with E-state index in [1.165, 1.54) is 12.3 Å². The molecule has 0 spiro atoms. The van der Waals surface area contributed by atoms with Crippen molar-refractivity contribution in [1.29, 1.82) is 0 Å². The van der Waals surface area contributed by atoms with Crippen molar-refractivity contribution in [2.45, 2.75) is 0 Å². The minimum atomic E-state index is -0.518. The van der Waals surface area contributed by atoms with Crippen LogP contribution >= 0.6 is 77.0 Å². The van der Waals surface area contributed by atoms with E-state index in [0.717, 1.165) is 18.5 Å². The summed E-state index contributed by atoms with van der Waals surface area (Å²) in [4.78, 5) is 12.2. The molecular weight excluding hydrogens is 694 g/mol. The van der Waals surface area contributed by atoms with E-state index in [2.05, 4.69) is 94.1 Å². The Morgan fingerprint density at radius 2 is 1.92 bits per heavy atom. The maximum absolute atomic E-state index is 12.2. The number of hydrogen-bond acceptors (Lipinski definition) is 4. The Kier molecular flexibility index (Phi) is 8.36. The Balaban J connectivity index is 2.13. The van der Waals surface area contributed by atoms with Crippen molar-refractivity contribution >= 4 is 89.2 Å². The Labute approximate surface area is 194 Å². The summed E-state index contributed by atoms with van der Waals surface area (Å²) < 4.78 is 8.56. The number of carbonyl (C=O) groups excluding carboxylic acids is 1. The van der Waals surface area contributed by atoms with Gasteiger partial charge in [-0.15, -0.1) is 0 Å². The number of nitrogens with one attached hydrogen (secondary N) is 1. The van der Waals surface area contributed by atoms with Gasteiger partial charge in [-0.25, -0.2) is 5.43 Å². The van der Waals surface area contributed by atoms with Crippen LogP contribution in [0.25, 0.3) is 0 Å². The smallest absolute Gasteiger partial charge is 0.275 e. The van der Waals surface area contributed by atoms with E-state index in [0.29, 0.717) is 15.6 Å². The molecule has 0 fully saturated rings. The molecule has 9 heteroatoms. The monoisotopic (exact) mass is 704 g/mol. The number of amides is 1. The molecule has 0 radical (unpaired) electrons. The number of hydrazone groups is 1. The van der Waals surface area contributed by atoms with Gasteiger partial charge in [0.05, 0.1) is 23.4 Å². The zero-order valence-corrected chi connectivity index (χ0v) is 20.6. The molecule has 136 valence electrons. The summed E-state index contributed by atoms with van der Waals surface area (Å²) in [6.45, 7) is 4.07. The van der Waals surface area contributed by atoms with Crippen molar-refractivity contribution in [1.82, 2.24) is 5.43 Å². The van der Waals surface area contributed by atoms with Crippen LogP contribution in [0.15, 0.2) is 51.0 Å². The summed E-state index contributed by atoms with van der Waals surface area (Å²) in [7, 11) is 0. The lowest BCUT2D eigenvalue weighted by Crippen LogP contribution is -2.18. The van der Waals surface area contributed by atoms with Crippen LogP contribution < -0.4 is 10.2 Å². The number of carbonyl (C=O) groups is 1. The van der Waals surface area contributed by atoms with E-state index >= 15 is 0 Å². The highest BCUT2D eigenvalue weighted by Gasteiger charge is 2.14. The van der Waals surface area contributed by atoms with E-state index in [9.17, 15) is 9.90 Å². The Morgan fingerprint density at radius 3 is 2.54 bits per heavy atom. The summed E-state index contributed by atoms with van der Waals surface area (Å²) in [5, 5.41) is 13.9. The van der Waals surface area contributed by atoms with Gasteiger partial charge in [-0.2, -0.15) is 5.10 Å². The molecule has 0 aliphatic rings. The molecule has 0 aromatic heterocycles. The molecule has 2 rings (SSSR count). The second kappa shape index (κ2) is 10.0. The molecule has 5 nitrogen and oxygen atoms in total. The zero-order valence-electron chi connectivity index (χ0n) is 13.1. The normalized spacial score (nSPS) is 10.8. The average Bonchev–Trinajstić information content (AvgIpc) is 2.57. The van der Waals surface area contributed by atoms with Gasteiger partial charge in [0.15, 0.2) is 0 Å². The first kappa shape index (κ1) is 21.6. The van der Waals surface area contributed by atoms with Crippen LogP contribution in [0.3, 0.4) is 0 Å². The number of phenols is 1. The first-order valence-electron chi connectivity index (χ1n) is 7.07. The minimum absolute atomic E-state index is 0.112. The first-order chi connectivity index (χ1) is 12.3. The number of benzene rings is 2. The van der Waals surface area contributed by atoms with Crippen molar-refractivity contribution < 1.29 is 14.6 Å². The van der Waals surface area contributed by atoms with Crippen LogP contribution in [0.4, 0.5) is 0 Å². The fourth-order valence-corrected chi connectivity index (χ4v) is 5.25. The van der Waals surface area contributed by atoms with E-state index in [1.54, 1.807) is 12.1 Å². The highest BCUT2D eigenvalue weighted by atomic mass is 127. The van der Waals surface area contributed by atoms with Crippen molar-refractivity contribution in [3.05, 3.63) is 64.1 Å². The summed E-state index contributed by atoms with van der Waals surface area (Å²) in [6, 6.07) is 6.95. The molecule has 0 unspecified atom stereocenters. The number of aromatic hydroxyl groups is 1. The lowest BCUT2D eigenvalue weighted by molar-refractivity contribution is 0.0952.